The molecule has 1 aromatic carbocycles. The third-order valence-corrected chi connectivity index (χ3v) is 4.44. The van der Waals surface area contributed by atoms with Gasteiger partial charge in [0.25, 0.3) is 0 Å². The Morgan fingerprint density at radius 2 is 2.08 bits per heavy atom. The monoisotopic (exact) mass is 454 g/mol. The molecule has 0 bridgehead atoms. The van der Waals surface area contributed by atoms with Crippen molar-refractivity contribution in [3.63, 3.8) is 0 Å². The first kappa shape index (κ1) is 18.8. The van der Waals surface area contributed by atoms with Gasteiger partial charge in [0.1, 0.15) is 0 Å². The van der Waals surface area contributed by atoms with Crippen LogP contribution >= 0.6 is 35.3 Å². The van der Waals surface area contributed by atoms with Gasteiger partial charge in [-0.05, 0) is 47.4 Å². The first-order valence-corrected chi connectivity index (χ1v) is 8.89. The zero-order valence-electron chi connectivity index (χ0n) is 13.7. The van der Waals surface area contributed by atoms with Crippen LogP contribution in [0.1, 0.15) is 18.1 Å². The van der Waals surface area contributed by atoms with Gasteiger partial charge >= 0.3 is 0 Å². The van der Waals surface area contributed by atoms with E-state index in [1.807, 2.05) is 0 Å². The van der Waals surface area contributed by atoms with Crippen molar-refractivity contribution in [2.24, 2.45) is 4.99 Å². The first-order chi connectivity index (χ1) is 11.4. The molecule has 0 amide bonds. The average molecular weight is 454 g/mol. The van der Waals surface area contributed by atoms with Crippen LogP contribution in [0.25, 0.3) is 10.9 Å². The predicted molar refractivity (Wildman–Crippen MR) is 115 cm³/mol. The lowest BCUT2D eigenvalue weighted by Crippen LogP contribution is -2.38. The molecule has 24 heavy (non-hydrogen) atoms. The highest BCUT2D eigenvalue weighted by Gasteiger charge is 2.03. The van der Waals surface area contributed by atoms with E-state index in [1.165, 1.54) is 22.0 Å². The number of halogens is 1. The number of fused-ring (bicyclic) bond motifs is 1. The molecule has 3 aromatic rings. The fraction of sp³-hybridized carbons (Fsp3) is 0.278. The second-order valence-corrected chi connectivity index (χ2v) is 6.14. The Balaban J connectivity index is 0.00000208. The lowest BCUT2D eigenvalue weighted by Gasteiger charge is -2.10. The van der Waals surface area contributed by atoms with Gasteiger partial charge in [0.15, 0.2) is 5.96 Å². The number of benzene rings is 1. The maximum Gasteiger partial charge on any atom is 0.191 e. The van der Waals surface area contributed by atoms with Gasteiger partial charge in [0.05, 0.1) is 6.54 Å². The highest BCUT2D eigenvalue weighted by molar-refractivity contribution is 14.0. The molecule has 128 valence electrons. The number of nitrogens with zero attached hydrogens (tertiary/aromatic N) is 1. The predicted octanol–water partition coefficient (Wildman–Crippen LogP) is 4.15. The van der Waals surface area contributed by atoms with Crippen molar-refractivity contribution in [3.8, 4) is 0 Å². The van der Waals surface area contributed by atoms with Crippen LogP contribution in [0.15, 0.2) is 52.3 Å². The number of aromatic nitrogens is 1. The minimum absolute atomic E-state index is 0. The Morgan fingerprint density at radius 3 is 2.88 bits per heavy atom. The van der Waals surface area contributed by atoms with E-state index in [2.05, 4.69) is 74.8 Å². The van der Waals surface area contributed by atoms with E-state index < -0.39 is 0 Å². The molecule has 0 saturated heterocycles. The molecule has 3 N–H and O–H groups in total. The number of thiophene rings is 1. The van der Waals surface area contributed by atoms with Crippen LogP contribution in [0.2, 0.25) is 0 Å². The number of hydrogen-bond donors (Lipinski definition) is 3. The van der Waals surface area contributed by atoms with E-state index in [9.17, 15) is 0 Å². The molecule has 6 heteroatoms. The Hall–Kier alpha value is -1.54. The number of hydrogen-bond acceptors (Lipinski definition) is 2. The zero-order valence-corrected chi connectivity index (χ0v) is 16.9. The summed E-state index contributed by atoms with van der Waals surface area (Å²) in [4.78, 5) is 7.95. The Bertz CT molecular complexity index is 764. The van der Waals surface area contributed by atoms with Gasteiger partial charge < -0.3 is 15.6 Å². The number of rotatable bonds is 6. The maximum atomic E-state index is 4.63. The molecule has 0 saturated carbocycles. The number of guanidine groups is 1. The molecule has 0 aliphatic heterocycles. The molecule has 0 aliphatic carbocycles. The maximum absolute atomic E-state index is 4.63. The summed E-state index contributed by atoms with van der Waals surface area (Å²) in [5.74, 6) is 0.874. The number of aliphatic imine (C=N–C) groups is 1. The molecular formula is C18H23IN4S. The van der Waals surface area contributed by atoms with Crippen LogP contribution in [0.3, 0.4) is 0 Å². The van der Waals surface area contributed by atoms with Gasteiger partial charge in [0.2, 0.25) is 0 Å². The largest absolute Gasteiger partial charge is 0.361 e. The molecule has 0 fully saturated rings. The smallest absolute Gasteiger partial charge is 0.191 e. The number of H-pyrrole nitrogens is 1. The minimum Gasteiger partial charge on any atom is -0.361 e. The van der Waals surface area contributed by atoms with Crippen LogP contribution in [0.4, 0.5) is 0 Å². The molecular weight excluding hydrogens is 431 g/mol. The van der Waals surface area contributed by atoms with E-state index in [0.717, 1.165) is 25.5 Å². The molecule has 0 unspecified atom stereocenters. The minimum atomic E-state index is 0. The molecule has 2 aromatic heterocycles. The van der Waals surface area contributed by atoms with Crippen LogP contribution in [0.5, 0.6) is 0 Å². The molecule has 0 radical (unpaired) electrons. The standard InChI is InChI=1S/C18H22N4S.HI/c1-2-19-18(22-11-14-8-10-23-13-14)20-9-7-15-12-21-17-6-4-3-5-16(15)17;/h3-6,8,10,12-13,21H,2,7,9,11H2,1H3,(H2,19,20,22);1H. The third kappa shape index (κ3) is 4.98. The van der Waals surface area contributed by atoms with Crippen LogP contribution in [-0.2, 0) is 13.0 Å². The van der Waals surface area contributed by atoms with Crippen molar-refractivity contribution >= 4 is 52.2 Å². The summed E-state index contributed by atoms with van der Waals surface area (Å²) in [5, 5.41) is 12.2. The van der Waals surface area contributed by atoms with Crippen LogP contribution < -0.4 is 10.6 Å². The van der Waals surface area contributed by atoms with E-state index >= 15 is 0 Å². The van der Waals surface area contributed by atoms with Crippen molar-refractivity contribution in [1.29, 1.82) is 0 Å². The van der Waals surface area contributed by atoms with Gasteiger partial charge in [-0.1, -0.05) is 18.2 Å². The lowest BCUT2D eigenvalue weighted by atomic mass is 10.1. The van der Waals surface area contributed by atoms with E-state index in [-0.39, 0.29) is 24.0 Å². The Labute approximate surface area is 163 Å². The molecule has 4 nitrogen and oxygen atoms in total. The highest BCUT2D eigenvalue weighted by Crippen LogP contribution is 2.17. The molecule has 0 spiro atoms. The number of nitrogens with one attached hydrogen (secondary N) is 3. The average Bonchev–Trinajstić information content (AvgIpc) is 3.22. The first-order valence-electron chi connectivity index (χ1n) is 7.95. The second-order valence-electron chi connectivity index (χ2n) is 5.36. The SMILES string of the molecule is CCNC(=NCc1ccsc1)NCCc1c[nH]c2ccccc12.I. The summed E-state index contributed by atoms with van der Waals surface area (Å²) in [6, 6.07) is 10.5. The van der Waals surface area contributed by atoms with Gasteiger partial charge in [-0.25, -0.2) is 4.99 Å². The van der Waals surface area contributed by atoms with Crippen LogP contribution in [-0.4, -0.2) is 24.0 Å². The van der Waals surface area contributed by atoms with E-state index in [1.54, 1.807) is 11.3 Å². The van der Waals surface area contributed by atoms with Crippen LogP contribution in [0, 0.1) is 0 Å². The van der Waals surface area contributed by atoms with Crippen molar-refractivity contribution in [2.45, 2.75) is 19.9 Å². The highest BCUT2D eigenvalue weighted by atomic mass is 127. The van der Waals surface area contributed by atoms with E-state index in [4.69, 9.17) is 0 Å². The number of para-hydroxylation sites is 1. The molecule has 3 rings (SSSR count). The van der Waals surface area contributed by atoms with Crippen molar-refractivity contribution in [3.05, 3.63) is 58.4 Å². The zero-order chi connectivity index (χ0) is 15.9. The van der Waals surface area contributed by atoms with E-state index in [0.29, 0.717) is 6.54 Å². The lowest BCUT2D eigenvalue weighted by molar-refractivity contribution is 0.802. The topological polar surface area (TPSA) is 52.2 Å². The van der Waals surface area contributed by atoms with Gasteiger partial charge in [0, 0.05) is 30.2 Å². The summed E-state index contributed by atoms with van der Waals surface area (Å²) in [5.41, 5.74) is 3.78. The van der Waals surface area contributed by atoms with Crippen molar-refractivity contribution < 1.29 is 0 Å². The summed E-state index contributed by atoms with van der Waals surface area (Å²) >= 11 is 1.71. The van der Waals surface area contributed by atoms with Crippen molar-refractivity contribution in [2.75, 3.05) is 13.1 Å². The Kier molecular flexibility index (Phi) is 7.58. The summed E-state index contributed by atoms with van der Waals surface area (Å²) in [7, 11) is 0. The molecule has 0 atom stereocenters. The fourth-order valence-corrected chi connectivity index (χ4v) is 3.21. The fourth-order valence-electron chi connectivity index (χ4n) is 2.55. The Morgan fingerprint density at radius 1 is 1.21 bits per heavy atom. The summed E-state index contributed by atoms with van der Waals surface area (Å²) in [6.45, 7) is 4.52. The third-order valence-electron chi connectivity index (χ3n) is 3.71. The second kappa shape index (κ2) is 9.68. The number of aromatic amines is 1. The molecule has 2 heterocycles. The van der Waals surface area contributed by atoms with Crippen molar-refractivity contribution in [1.82, 2.24) is 15.6 Å². The summed E-state index contributed by atoms with van der Waals surface area (Å²) in [6.07, 6.45) is 3.06. The summed E-state index contributed by atoms with van der Waals surface area (Å²) < 4.78 is 0. The van der Waals surface area contributed by atoms with Gasteiger partial charge in [-0.15, -0.1) is 24.0 Å². The van der Waals surface area contributed by atoms with Gasteiger partial charge in [-0.2, -0.15) is 11.3 Å². The normalized spacial score (nSPS) is 11.3. The molecule has 0 aliphatic rings. The van der Waals surface area contributed by atoms with Gasteiger partial charge in [-0.3, -0.25) is 0 Å². The quantitative estimate of drug-likeness (QED) is 0.298.